The molecule has 0 aliphatic heterocycles. The second-order valence-electron chi connectivity index (χ2n) is 0. The van der Waals surface area contributed by atoms with Gasteiger partial charge < -0.3 is 0 Å². The predicted molar refractivity (Wildman–Crippen MR) is 18.5 cm³/mol. The van der Waals surface area contributed by atoms with E-state index in [1.807, 2.05) is 0 Å². The molecule has 0 rings (SSSR count). The SMILES string of the molecule is [Ag].[BiH3].[CaH2].[Cu]. The van der Waals surface area contributed by atoms with E-state index in [-0.39, 0.29) is 103 Å². The van der Waals surface area contributed by atoms with Crippen LogP contribution >= 0.6 is 0 Å². The van der Waals surface area contributed by atoms with Crippen LogP contribution in [0.15, 0.2) is 0 Å². The van der Waals surface area contributed by atoms with Gasteiger partial charge in [0, 0.05) is 39.4 Å². The van der Waals surface area contributed by atoms with Gasteiger partial charge in [0.05, 0.1) is 0 Å². The average molecular weight is 426 g/mol. The van der Waals surface area contributed by atoms with E-state index in [2.05, 4.69) is 0 Å². The van der Waals surface area contributed by atoms with Crippen molar-refractivity contribution in [1.29, 1.82) is 0 Å². The monoisotopic (exact) mass is 424 g/mol. The Kier molecular flexibility index (Phi) is 106. The molecular formula is H5AgBiCaCu. The van der Waals surface area contributed by atoms with Crippen molar-refractivity contribution in [2.24, 2.45) is 0 Å². The molecule has 34 valence electrons. The summed E-state index contributed by atoms with van der Waals surface area (Å²) in [6, 6.07) is 0. The summed E-state index contributed by atoms with van der Waals surface area (Å²) in [5.74, 6) is 0. The van der Waals surface area contributed by atoms with Gasteiger partial charge in [-0.1, -0.05) is 0 Å². The fourth-order valence-corrected chi connectivity index (χ4v) is 0. The first-order chi connectivity index (χ1) is 0. The molecule has 0 spiro atoms. The van der Waals surface area contributed by atoms with Crippen molar-refractivity contribution in [3.8, 4) is 0 Å². The van der Waals surface area contributed by atoms with Gasteiger partial charge in [0.15, 0.2) is 0 Å². The Morgan fingerprint density at radius 2 is 1.00 bits per heavy atom. The van der Waals surface area contributed by atoms with Crippen LogP contribution in [0, 0.1) is 0 Å². The van der Waals surface area contributed by atoms with Crippen molar-refractivity contribution >= 4 is 63.9 Å². The Morgan fingerprint density at radius 3 is 1.00 bits per heavy atom. The summed E-state index contributed by atoms with van der Waals surface area (Å²) in [5, 5.41) is 0. The van der Waals surface area contributed by atoms with Crippen LogP contribution in [0.3, 0.4) is 0 Å². The Balaban J connectivity index is 0. The van der Waals surface area contributed by atoms with Gasteiger partial charge in [-0.25, -0.2) is 0 Å². The van der Waals surface area contributed by atoms with Crippen molar-refractivity contribution in [1.82, 2.24) is 0 Å². The molecule has 2 radical (unpaired) electrons. The van der Waals surface area contributed by atoms with E-state index in [0.717, 1.165) is 0 Å². The molecule has 0 aromatic carbocycles. The van der Waals surface area contributed by atoms with E-state index in [4.69, 9.17) is 0 Å². The standard InChI is InChI=1S/Ag.Bi.Ca.Cu.5H. The molecular weight excluding hydrogens is 420 g/mol. The number of rotatable bonds is 0. The minimum absolute atomic E-state index is 0. The summed E-state index contributed by atoms with van der Waals surface area (Å²) in [4.78, 5) is 0. The summed E-state index contributed by atoms with van der Waals surface area (Å²) < 4.78 is 0. The van der Waals surface area contributed by atoms with Crippen molar-refractivity contribution in [2.45, 2.75) is 0 Å². The van der Waals surface area contributed by atoms with E-state index < -0.39 is 0 Å². The Hall–Kier alpha value is 3.40. The first-order valence-corrected chi connectivity index (χ1v) is 0. The molecule has 0 bridgehead atoms. The van der Waals surface area contributed by atoms with Crippen molar-refractivity contribution in [3.63, 3.8) is 0 Å². The molecule has 4 heteroatoms. The Morgan fingerprint density at radius 1 is 1.00 bits per heavy atom. The third-order valence-electron chi connectivity index (χ3n) is 0. The fraction of sp³-hybridized carbons (Fsp3) is 0. The van der Waals surface area contributed by atoms with Gasteiger partial charge in [-0.2, -0.15) is 0 Å². The Labute approximate surface area is 101 Å². The Bertz CT molecular complexity index is 8.00. The molecule has 0 fully saturated rings. The minimum atomic E-state index is 0. The van der Waals surface area contributed by atoms with Crippen LogP contribution in [0.2, 0.25) is 0 Å². The summed E-state index contributed by atoms with van der Waals surface area (Å²) >= 11 is 0. The van der Waals surface area contributed by atoms with Gasteiger partial charge in [0.2, 0.25) is 0 Å². The van der Waals surface area contributed by atoms with Crippen molar-refractivity contribution < 1.29 is 39.4 Å². The zero-order chi connectivity index (χ0) is 0. The molecule has 0 aromatic heterocycles. The average Bonchev–Trinajstić information content (AvgIpc) is 0. The van der Waals surface area contributed by atoms with Gasteiger partial charge in [-0.05, 0) is 0 Å². The maximum Gasteiger partial charge on any atom is 0 e. The van der Waals surface area contributed by atoms with Gasteiger partial charge >= 0.3 is 63.9 Å². The zero-order valence-electron chi connectivity index (χ0n) is 1.31. The minimum Gasteiger partial charge on any atom is 0 e. The summed E-state index contributed by atoms with van der Waals surface area (Å²) in [6.07, 6.45) is 0. The first kappa shape index (κ1) is 26.2. The molecule has 0 aliphatic rings. The number of hydrogen-bond donors (Lipinski definition) is 0. The molecule has 0 N–H and O–H groups in total. The molecule has 0 atom stereocenters. The van der Waals surface area contributed by atoms with Crippen molar-refractivity contribution in [3.05, 3.63) is 0 Å². The zero-order valence-corrected chi connectivity index (χ0v) is 9.23. The molecule has 0 saturated heterocycles. The molecule has 0 unspecified atom stereocenters. The van der Waals surface area contributed by atoms with Crippen LogP contribution < -0.4 is 0 Å². The summed E-state index contributed by atoms with van der Waals surface area (Å²) in [7, 11) is 0. The van der Waals surface area contributed by atoms with Crippen LogP contribution in [0.1, 0.15) is 0 Å². The summed E-state index contributed by atoms with van der Waals surface area (Å²) in [5.41, 5.74) is 0. The molecule has 0 amide bonds. The van der Waals surface area contributed by atoms with Gasteiger partial charge in [-0.3, -0.25) is 0 Å². The smallest absolute Gasteiger partial charge is 0 e. The third-order valence-corrected chi connectivity index (χ3v) is 0. The second-order valence-corrected chi connectivity index (χ2v) is 0. The summed E-state index contributed by atoms with van der Waals surface area (Å²) in [6.45, 7) is 0. The maximum absolute atomic E-state index is 0. The molecule has 4 heavy (non-hydrogen) atoms. The van der Waals surface area contributed by atoms with E-state index in [0.29, 0.717) is 0 Å². The molecule has 0 aromatic rings. The maximum atomic E-state index is 0. The van der Waals surface area contributed by atoms with E-state index in [1.165, 1.54) is 0 Å². The van der Waals surface area contributed by atoms with Gasteiger partial charge in [-0.15, -0.1) is 0 Å². The first-order valence-electron chi connectivity index (χ1n) is 0. The molecule has 0 nitrogen and oxygen atoms in total. The largest absolute Gasteiger partial charge is 0 e. The fourth-order valence-electron chi connectivity index (χ4n) is 0. The van der Waals surface area contributed by atoms with Crippen LogP contribution in [0.5, 0.6) is 0 Å². The van der Waals surface area contributed by atoms with Crippen LogP contribution in [0.25, 0.3) is 0 Å². The van der Waals surface area contributed by atoms with E-state index in [9.17, 15) is 0 Å². The van der Waals surface area contributed by atoms with Gasteiger partial charge in [0.1, 0.15) is 0 Å². The molecule has 0 heterocycles. The second kappa shape index (κ2) is 16.1. The van der Waals surface area contributed by atoms with Crippen LogP contribution in [0.4, 0.5) is 0 Å². The van der Waals surface area contributed by atoms with Crippen molar-refractivity contribution in [2.75, 3.05) is 0 Å². The third kappa shape index (κ3) is 9.04. The quantitative estimate of drug-likeness (QED) is 0.390. The van der Waals surface area contributed by atoms with Crippen LogP contribution in [-0.4, -0.2) is 63.9 Å². The predicted octanol–water partition coefficient (Wildman–Crippen LogP) is -2.11. The molecule has 0 saturated carbocycles. The normalized spacial score (nSPS) is 0. The van der Waals surface area contributed by atoms with Gasteiger partial charge in [0.25, 0.3) is 0 Å². The van der Waals surface area contributed by atoms with E-state index >= 15 is 0 Å². The van der Waals surface area contributed by atoms with Crippen LogP contribution in [-0.2, 0) is 39.4 Å². The topological polar surface area (TPSA) is 0 Å². The molecule has 0 aliphatic carbocycles. The van der Waals surface area contributed by atoms with E-state index in [1.54, 1.807) is 0 Å². The number of hydrogen-bond acceptors (Lipinski definition) is 0.